The zero-order valence-corrected chi connectivity index (χ0v) is 18.7. The molecule has 3 aromatic rings. The summed E-state index contributed by atoms with van der Waals surface area (Å²) in [5.41, 5.74) is 1.08. The third-order valence-corrected chi connectivity index (χ3v) is 7.25. The molecule has 0 saturated carbocycles. The van der Waals surface area contributed by atoms with Crippen molar-refractivity contribution in [2.45, 2.75) is 17.3 Å². The molecule has 9 nitrogen and oxygen atoms in total. The lowest BCUT2D eigenvalue weighted by Gasteiger charge is -2.38. The van der Waals surface area contributed by atoms with E-state index in [4.69, 9.17) is 11.6 Å². The fourth-order valence-corrected chi connectivity index (χ4v) is 5.27. The van der Waals surface area contributed by atoms with Crippen LogP contribution in [0.25, 0.3) is 11.0 Å². The van der Waals surface area contributed by atoms with Gasteiger partial charge in [0.1, 0.15) is 17.6 Å². The maximum atomic E-state index is 13.1. The molecular formula is C20H16ClF3N4O5S. The molecule has 1 aliphatic rings. The number of carbonyl (C=O) groups is 1. The monoisotopic (exact) mass is 516 g/mol. The summed E-state index contributed by atoms with van der Waals surface area (Å²) in [6.45, 7) is -0.288. The third kappa shape index (κ3) is 5.00. The average Bonchev–Trinajstić information content (AvgIpc) is 2.77. The summed E-state index contributed by atoms with van der Waals surface area (Å²) < 4.78 is 67.8. The van der Waals surface area contributed by atoms with Gasteiger partial charge in [-0.05, 0) is 42.5 Å². The van der Waals surface area contributed by atoms with E-state index in [2.05, 4.69) is 14.7 Å². The number of benzene rings is 2. The van der Waals surface area contributed by atoms with Crippen molar-refractivity contribution in [2.24, 2.45) is 0 Å². The first-order chi connectivity index (χ1) is 15.9. The summed E-state index contributed by atoms with van der Waals surface area (Å²) >= 11 is 5.94. The molecule has 180 valence electrons. The zero-order chi connectivity index (χ0) is 24.7. The first-order valence-corrected chi connectivity index (χ1v) is 11.5. The lowest BCUT2D eigenvalue weighted by Crippen LogP contribution is -2.58. The molecule has 1 aliphatic heterocycles. The average molecular weight is 517 g/mol. The Hall–Kier alpha value is -3.16. The lowest BCUT2D eigenvalue weighted by molar-refractivity contribution is -0.274. The Morgan fingerprint density at radius 2 is 1.82 bits per heavy atom. The Morgan fingerprint density at radius 3 is 2.47 bits per heavy atom. The Kier molecular flexibility index (Phi) is 6.27. The van der Waals surface area contributed by atoms with Gasteiger partial charge in [-0.25, -0.2) is 13.4 Å². The lowest BCUT2D eigenvalue weighted by atomic mass is 10.2. The predicted octanol–water partition coefficient (Wildman–Crippen LogP) is 3.15. The second kappa shape index (κ2) is 8.89. The quantitative estimate of drug-likeness (QED) is 0.550. The third-order valence-electron chi connectivity index (χ3n) is 5.10. The van der Waals surface area contributed by atoms with Crippen LogP contribution in [-0.2, 0) is 14.8 Å². The highest BCUT2D eigenvalue weighted by atomic mass is 35.5. The van der Waals surface area contributed by atoms with Crippen LogP contribution < -0.4 is 9.64 Å². The second-order valence-corrected chi connectivity index (χ2v) is 9.62. The van der Waals surface area contributed by atoms with Crippen molar-refractivity contribution in [3.05, 3.63) is 53.7 Å². The number of alkyl halides is 3. The van der Waals surface area contributed by atoms with Gasteiger partial charge in [0.2, 0.25) is 10.0 Å². The van der Waals surface area contributed by atoms with Crippen LogP contribution in [0, 0.1) is 0 Å². The van der Waals surface area contributed by atoms with Gasteiger partial charge in [-0.2, -0.15) is 4.31 Å². The van der Waals surface area contributed by atoms with Gasteiger partial charge in [0.05, 0.1) is 22.1 Å². The summed E-state index contributed by atoms with van der Waals surface area (Å²) in [4.78, 5) is 21.9. The number of ether oxygens (including phenoxy) is 1. The number of hydrogen-bond acceptors (Lipinski definition) is 7. The predicted molar refractivity (Wildman–Crippen MR) is 115 cm³/mol. The van der Waals surface area contributed by atoms with Crippen molar-refractivity contribution in [1.29, 1.82) is 0 Å². The zero-order valence-electron chi connectivity index (χ0n) is 17.1. The highest BCUT2D eigenvalue weighted by molar-refractivity contribution is 7.89. The molecule has 34 heavy (non-hydrogen) atoms. The minimum atomic E-state index is -4.93. The Balaban J connectivity index is 1.57. The Bertz CT molecular complexity index is 1340. The van der Waals surface area contributed by atoms with E-state index in [1.165, 1.54) is 6.20 Å². The summed E-state index contributed by atoms with van der Waals surface area (Å²) in [7, 11) is -4.32. The number of carboxylic acid groups (broad SMARTS) is 1. The first-order valence-electron chi connectivity index (χ1n) is 9.72. The molecule has 0 aliphatic carbocycles. The summed E-state index contributed by atoms with van der Waals surface area (Å²) in [5, 5.41) is 10.2. The van der Waals surface area contributed by atoms with Gasteiger partial charge in [0.15, 0.2) is 0 Å². The van der Waals surface area contributed by atoms with Crippen LogP contribution in [0.5, 0.6) is 5.75 Å². The molecule has 0 unspecified atom stereocenters. The summed E-state index contributed by atoms with van der Waals surface area (Å²) in [6.07, 6.45) is -3.48. The first kappa shape index (κ1) is 24.0. The van der Waals surface area contributed by atoms with E-state index >= 15 is 0 Å². The summed E-state index contributed by atoms with van der Waals surface area (Å²) in [6, 6.07) is 7.03. The molecule has 1 aromatic heterocycles. The Labute approximate surface area is 196 Å². The number of piperazine rings is 1. The molecule has 1 N–H and O–H groups in total. The van der Waals surface area contributed by atoms with Gasteiger partial charge in [0, 0.05) is 24.7 Å². The number of nitrogens with zero attached hydrogens (tertiary/aromatic N) is 4. The van der Waals surface area contributed by atoms with Crippen molar-refractivity contribution in [1.82, 2.24) is 14.3 Å². The van der Waals surface area contributed by atoms with E-state index in [0.717, 1.165) is 28.6 Å². The van der Waals surface area contributed by atoms with Crippen molar-refractivity contribution in [3.63, 3.8) is 0 Å². The number of aliphatic carboxylic acids is 1. The van der Waals surface area contributed by atoms with E-state index in [1.54, 1.807) is 23.1 Å². The maximum absolute atomic E-state index is 13.1. The largest absolute Gasteiger partial charge is 0.573 e. The van der Waals surface area contributed by atoms with E-state index in [1.807, 2.05) is 0 Å². The van der Waals surface area contributed by atoms with Gasteiger partial charge < -0.3 is 14.7 Å². The van der Waals surface area contributed by atoms with E-state index in [0.29, 0.717) is 21.9 Å². The maximum Gasteiger partial charge on any atom is 0.573 e. The smallest absolute Gasteiger partial charge is 0.480 e. The van der Waals surface area contributed by atoms with E-state index in [9.17, 15) is 31.5 Å². The fourth-order valence-electron chi connectivity index (χ4n) is 3.54. The van der Waals surface area contributed by atoms with Gasteiger partial charge in [-0.1, -0.05) is 11.6 Å². The number of rotatable bonds is 5. The number of fused-ring (bicyclic) bond motifs is 1. The highest BCUT2D eigenvalue weighted by Crippen LogP contribution is 2.28. The van der Waals surface area contributed by atoms with Crippen LogP contribution in [0.3, 0.4) is 0 Å². The van der Waals surface area contributed by atoms with Gasteiger partial charge >= 0.3 is 12.3 Å². The minimum absolute atomic E-state index is 0.117. The Morgan fingerprint density at radius 1 is 1.12 bits per heavy atom. The standard InChI is InChI=1S/C20H16ClF3N4O5S/c21-12-1-6-15-16(9-12)25-10-18(26-15)27-7-8-28(17(11-27)19(29)30)34(31,32)14-4-2-13(3-5-14)33-20(22,23)24/h1-6,9-10,17H,7-8,11H2,(H,29,30)/t17-/m1/s1. The van der Waals surface area contributed by atoms with Crippen LogP contribution >= 0.6 is 11.6 Å². The number of aromatic nitrogens is 2. The highest BCUT2D eigenvalue weighted by Gasteiger charge is 2.41. The molecule has 0 spiro atoms. The number of halogens is 4. The van der Waals surface area contributed by atoms with Crippen molar-refractivity contribution in [3.8, 4) is 5.75 Å². The molecule has 14 heteroatoms. The van der Waals surface area contributed by atoms with Gasteiger partial charge in [-0.3, -0.25) is 9.78 Å². The van der Waals surface area contributed by atoms with Crippen LogP contribution in [0.4, 0.5) is 19.0 Å². The topological polar surface area (TPSA) is 113 Å². The molecule has 0 bridgehead atoms. The summed E-state index contributed by atoms with van der Waals surface area (Å²) in [5.74, 6) is -1.61. The molecule has 2 aromatic carbocycles. The van der Waals surface area contributed by atoms with Gasteiger partial charge in [-0.15, -0.1) is 13.2 Å². The number of sulfonamides is 1. The van der Waals surface area contributed by atoms with Crippen LogP contribution in [-0.4, -0.2) is 65.8 Å². The molecule has 1 saturated heterocycles. The van der Waals surface area contributed by atoms with E-state index in [-0.39, 0.29) is 24.5 Å². The molecule has 1 atom stereocenters. The van der Waals surface area contributed by atoms with Crippen molar-refractivity contribution >= 4 is 44.4 Å². The molecular weight excluding hydrogens is 501 g/mol. The molecule has 2 heterocycles. The van der Waals surface area contributed by atoms with Crippen molar-refractivity contribution in [2.75, 3.05) is 24.5 Å². The second-order valence-electron chi connectivity index (χ2n) is 7.30. The minimum Gasteiger partial charge on any atom is -0.480 e. The SMILES string of the molecule is O=C(O)[C@H]1CN(c2cnc3cc(Cl)ccc3n2)CCN1S(=O)(=O)c1ccc(OC(F)(F)F)cc1. The van der Waals surface area contributed by atoms with Crippen molar-refractivity contribution < 1.29 is 36.2 Å². The molecule has 0 radical (unpaired) electrons. The van der Waals surface area contributed by atoms with Gasteiger partial charge in [0.25, 0.3) is 0 Å². The van der Waals surface area contributed by atoms with Crippen LogP contribution in [0.15, 0.2) is 53.6 Å². The molecule has 4 rings (SSSR count). The normalized spacial score (nSPS) is 17.6. The number of carboxylic acids is 1. The number of anilines is 1. The van der Waals surface area contributed by atoms with Crippen LogP contribution in [0.1, 0.15) is 0 Å². The van der Waals surface area contributed by atoms with Crippen LogP contribution in [0.2, 0.25) is 5.02 Å². The number of hydrogen-bond donors (Lipinski definition) is 1. The van der Waals surface area contributed by atoms with E-state index < -0.39 is 34.1 Å². The molecule has 0 amide bonds. The molecule has 1 fully saturated rings. The fraction of sp³-hybridized carbons (Fsp3) is 0.250.